The highest BCUT2D eigenvalue weighted by atomic mass is 15.0. The van der Waals surface area contributed by atoms with Gasteiger partial charge in [-0.25, -0.2) is 9.97 Å². The van der Waals surface area contributed by atoms with Crippen molar-refractivity contribution >= 4 is 11.6 Å². The van der Waals surface area contributed by atoms with E-state index in [4.69, 9.17) is 11.5 Å². The summed E-state index contributed by atoms with van der Waals surface area (Å²) < 4.78 is 0. The van der Waals surface area contributed by atoms with E-state index in [1.165, 1.54) is 0 Å². The second-order valence-corrected chi connectivity index (χ2v) is 3.23. The van der Waals surface area contributed by atoms with E-state index in [1.54, 1.807) is 18.6 Å². The molecule has 2 rings (SSSR count). The van der Waals surface area contributed by atoms with E-state index < -0.39 is 0 Å². The summed E-state index contributed by atoms with van der Waals surface area (Å²) in [4.78, 5) is 12.0. The molecule has 5 heteroatoms. The molecule has 0 aliphatic heterocycles. The summed E-state index contributed by atoms with van der Waals surface area (Å²) in [7, 11) is 0. The van der Waals surface area contributed by atoms with Gasteiger partial charge >= 0.3 is 0 Å². The standard InChI is InChI=1S/C10H11N5/c1-6-9(2-8(11)5-13-6)7-3-14-10(12)15-4-7/h2-5H,11H2,1H3,(H2,12,14,15). The molecule has 0 saturated heterocycles. The first-order valence-electron chi connectivity index (χ1n) is 4.47. The van der Waals surface area contributed by atoms with Gasteiger partial charge in [0.25, 0.3) is 0 Å². The summed E-state index contributed by atoms with van der Waals surface area (Å²) in [5.41, 5.74) is 14.4. The van der Waals surface area contributed by atoms with Gasteiger partial charge in [0.1, 0.15) is 0 Å². The molecule has 0 bridgehead atoms. The van der Waals surface area contributed by atoms with Crippen molar-refractivity contribution in [3.8, 4) is 11.1 Å². The lowest BCUT2D eigenvalue weighted by Gasteiger charge is -2.05. The van der Waals surface area contributed by atoms with Crippen LogP contribution < -0.4 is 11.5 Å². The lowest BCUT2D eigenvalue weighted by molar-refractivity contribution is 1.16. The van der Waals surface area contributed by atoms with Crippen LogP contribution in [0.4, 0.5) is 11.6 Å². The second-order valence-electron chi connectivity index (χ2n) is 3.23. The molecule has 0 aromatic carbocycles. The quantitative estimate of drug-likeness (QED) is 0.718. The van der Waals surface area contributed by atoms with E-state index >= 15 is 0 Å². The fourth-order valence-electron chi connectivity index (χ4n) is 1.32. The minimum Gasteiger partial charge on any atom is -0.397 e. The van der Waals surface area contributed by atoms with E-state index in [-0.39, 0.29) is 5.95 Å². The molecular weight excluding hydrogens is 190 g/mol. The maximum absolute atomic E-state index is 5.67. The highest BCUT2D eigenvalue weighted by molar-refractivity contribution is 5.67. The molecule has 2 aromatic rings. The third kappa shape index (κ3) is 1.85. The first kappa shape index (κ1) is 9.39. The SMILES string of the molecule is Cc1ncc(N)cc1-c1cnc(N)nc1. The summed E-state index contributed by atoms with van der Waals surface area (Å²) in [5, 5.41) is 0. The van der Waals surface area contributed by atoms with E-state index in [2.05, 4.69) is 15.0 Å². The number of hydrogen-bond acceptors (Lipinski definition) is 5. The van der Waals surface area contributed by atoms with E-state index in [0.29, 0.717) is 5.69 Å². The summed E-state index contributed by atoms with van der Waals surface area (Å²) in [6, 6.07) is 1.84. The van der Waals surface area contributed by atoms with Crippen molar-refractivity contribution in [2.45, 2.75) is 6.92 Å². The average Bonchev–Trinajstić information content (AvgIpc) is 2.23. The van der Waals surface area contributed by atoms with Crippen molar-refractivity contribution in [3.63, 3.8) is 0 Å². The van der Waals surface area contributed by atoms with E-state index in [1.807, 2.05) is 13.0 Å². The van der Waals surface area contributed by atoms with Crippen LogP contribution in [-0.2, 0) is 0 Å². The number of aromatic nitrogens is 3. The Bertz CT molecular complexity index is 478. The topological polar surface area (TPSA) is 90.7 Å². The third-order valence-electron chi connectivity index (χ3n) is 2.09. The molecule has 0 unspecified atom stereocenters. The molecule has 15 heavy (non-hydrogen) atoms. The lowest BCUT2D eigenvalue weighted by atomic mass is 10.1. The molecule has 2 heterocycles. The summed E-state index contributed by atoms with van der Waals surface area (Å²) in [5.74, 6) is 0.258. The molecule has 76 valence electrons. The van der Waals surface area contributed by atoms with Crippen molar-refractivity contribution in [2.24, 2.45) is 0 Å². The largest absolute Gasteiger partial charge is 0.397 e. The zero-order chi connectivity index (χ0) is 10.8. The number of rotatable bonds is 1. The van der Waals surface area contributed by atoms with Crippen molar-refractivity contribution in [1.82, 2.24) is 15.0 Å². The Morgan fingerprint density at radius 2 is 1.67 bits per heavy atom. The van der Waals surface area contributed by atoms with Crippen LogP contribution in [-0.4, -0.2) is 15.0 Å². The molecule has 0 fully saturated rings. The van der Waals surface area contributed by atoms with Crippen molar-refractivity contribution in [3.05, 3.63) is 30.4 Å². The maximum atomic E-state index is 5.67. The summed E-state index contributed by atoms with van der Waals surface area (Å²) in [6.45, 7) is 1.91. The Morgan fingerprint density at radius 1 is 1.00 bits per heavy atom. The predicted octanol–water partition coefficient (Wildman–Crippen LogP) is 1.01. The third-order valence-corrected chi connectivity index (χ3v) is 2.09. The Labute approximate surface area is 87.2 Å². The van der Waals surface area contributed by atoms with Crippen molar-refractivity contribution < 1.29 is 0 Å². The van der Waals surface area contributed by atoms with Crippen LogP contribution in [0.1, 0.15) is 5.69 Å². The van der Waals surface area contributed by atoms with Crippen LogP contribution >= 0.6 is 0 Å². The lowest BCUT2D eigenvalue weighted by Crippen LogP contribution is -1.96. The zero-order valence-electron chi connectivity index (χ0n) is 8.31. The monoisotopic (exact) mass is 201 g/mol. The maximum Gasteiger partial charge on any atom is 0.219 e. The van der Waals surface area contributed by atoms with Crippen LogP contribution in [0.25, 0.3) is 11.1 Å². The number of anilines is 2. The molecule has 0 atom stereocenters. The highest BCUT2D eigenvalue weighted by Gasteiger charge is 2.04. The van der Waals surface area contributed by atoms with Crippen molar-refractivity contribution in [1.29, 1.82) is 0 Å². The summed E-state index contributed by atoms with van der Waals surface area (Å²) in [6.07, 6.45) is 4.94. The zero-order valence-corrected chi connectivity index (χ0v) is 8.31. The molecule has 0 saturated carbocycles. The predicted molar refractivity (Wildman–Crippen MR) is 58.8 cm³/mol. The van der Waals surface area contributed by atoms with E-state index in [0.717, 1.165) is 16.8 Å². The second kappa shape index (κ2) is 3.53. The molecule has 5 nitrogen and oxygen atoms in total. The number of nitrogens with zero attached hydrogens (tertiary/aromatic N) is 3. The number of pyridine rings is 1. The first-order valence-corrected chi connectivity index (χ1v) is 4.47. The summed E-state index contributed by atoms with van der Waals surface area (Å²) >= 11 is 0. The Morgan fingerprint density at radius 3 is 2.33 bits per heavy atom. The molecule has 0 spiro atoms. The fraction of sp³-hybridized carbons (Fsp3) is 0.100. The normalized spacial score (nSPS) is 10.2. The number of hydrogen-bond donors (Lipinski definition) is 2. The Balaban J connectivity index is 2.53. The Kier molecular flexibility index (Phi) is 2.21. The number of nitrogens with two attached hydrogens (primary N) is 2. The minimum atomic E-state index is 0.258. The van der Waals surface area contributed by atoms with Gasteiger partial charge in [-0.15, -0.1) is 0 Å². The van der Waals surface area contributed by atoms with E-state index in [9.17, 15) is 0 Å². The average molecular weight is 201 g/mol. The Hall–Kier alpha value is -2.17. The van der Waals surface area contributed by atoms with Gasteiger partial charge in [-0.2, -0.15) is 0 Å². The molecule has 0 amide bonds. The van der Waals surface area contributed by atoms with Gasteiger partial charge in [-0.3, -0.25) is 4.98 Å². The highest BCUT2D eigenvalue weighted by Crippen LogP contribution is 2.22. The molecule has 0 aliphatic carbocycles. The fourth-order valence-corrected chi connectivity index (χ4v) is 1.32. The van der Waals surface area contributed by atoms with Gasteiger partial charge in [0.2, 0.25) is 5.95 Å². The molecule has 0 radical (unpaired) electrons. The smallest absolute Gasteiger partial charge is 0.219 e. The molecule has 0 aliphatic rings. The van der Waals surface area contributed by atoms with Crippen LogP contribution in [0.15, 0.2) is 24.7 Å². The van der Waals surface area contributed by atoms with Gasteiger partial charge in [-0.05, 0) is 13.0 Å². The van der Waals surface area contributed by atoms with Gasteiger partial charge in [0.05, 0.1) is 11.9 Å². The van der Waals surface area contributed by atoms with Crippen LogP contribution in [0.3, 0.4) is 0 Å². The minimum absolute atomic E-state index is 0.258. The molecule has 2 aromatic heterocycles. The van der Waals surface area contributed by atoms with Gasteiger partial charge in [0, 0.05) is 29.2 Å². The van der Waals surface area contributed by atoms with Gasteiger partial charge in [-0.1, -0.05) is 0 Å². The van der Waals surface area contributed by atoms with Gasteiger partial charge in [0.15, 0.2) is 0 Å². The van der Waals surface area contributed by atoms with Crippen LogP contribution in [0.2, 0.25) is 0 Å². The van der Waals surface area contributed by atoms with Gasteiger partial charge < -0.3 is 11.5 Å². The van der Waals surface area contributed by atoms with Crippen molar-refractivity contribution in [2.75, 3.05) is 11.5 Å². The van der Waals surface area contributed by atoms with Crippen LogP contribution in [0.5, 0.6) is 0 Å². The first-order chi connectivity index (χ1) is 7.16. The molecule has 4 N–H and O–H groups in total. The number of nitrogen functional groups attached to an aromatic ring is 2. The van der Waals surface area contributed by atoms with Crippen LogP contribution in [0, 0.1) is 6.92 Å². The molecular formula is C10H11N5. The number of aryl methyl sites for hydroxylation is 1.